The molecule has 0 spiro atoms. The van der Waals surface area contributed by atoms with Gasteiger partial charge in [-0.2, -0.15) is 0 Å². The molecule has 1 heterocycles. The number of anilines is 2. The van der Waals surface area contributed by atoms with Crippen LogP contribution in [0.15, 0.2) is 30.3 Å². The van der Waals surface area contributed by atoms with Gasteiger partial charge in [0.15, 0.2) is 5.13 Å². The summed E-state index contributed by atoms with van der Waals surface area (Å²) in [6.07, 6.45) is 0. The SMILES string of the molecule is CCOc1ccc2nc(NC(=O)c3cc(C)cc([N+](=O)[O-])c3N)sc2c1. The second-order valence-corrected chi connectivity index (χ2v) is 6.57. The fourth-order valence-electron chi connectivity index (χ4n) is 2.50. The van der Waals surface area contributed by atoms with E-state index in [4.69, 9.17) is 10.5 Å². The van der Waals surface area contributed by atoms with Crippen LogP contribution in [0.25, 0.3) is 10.2 Å². The number of thiazole rings is 1. The number of fused-ring (bicyclic) bond motifs is 1. The lowest BCUT2D eigenvalue weighted by molar-refractivity contribution is -0.384. The molecule has 0 aliphatic rings. The van der Waals surface area contributed by atoms with E-state index in [-0.39, 0.29) is 16.9 Å². The monoisotopic (exact) mass is 372 g/mol. The van der Waals surface area contributed by atoms with E-state index < -0.39 is 10.8 Å². The molecule has 0 fully saturated rings. The Balaban J connectivity index is 1.90. The van der Waals surface area contributed by atoms with Crippen molar-refractivity contribution in [2.75, 3.05) is 17.7 Å². The Labute approximate surface area is 152 Å². The number of rotatable bonds is 5. The van der Waals surface area contributed by atoms with E-state index in [1.54, 1.807) is 19.1 Å². The maximum atomic E-state index is 12.5. The van der Waals surface area contributed by atoms with Gasteiger partial charge in [0.25, 0.3) is 11.6 Å². The summed E-state index contributed by atoms with van der Waals surface area (Å²) >= 11 is 1.28. The van der Waals surface area contributed by atoms with Gasteiger partial charge in [-0.25, -0.2) is 4.98 Å². The number of aromatic nitrogens is 1. The summed E-state index contributed by atoms with van der Waals surface area (Å²) in [6, 6.07) is 8.30. The number of nitrogen functional groups attached to an aromatic ring is 1. The Bertz CT molecular complexity index is 1020. The first-order chi connectivity index (χ1) is 12.4. The second kappa shape index (κ2) is 6.96. The predicted octanol–water partition coefficient (Wildman–Crippen LogP) is 3.75. The highest BCUT2D eigenvalue weighted by molar-refractivity contribution is 7.22. The highest BCUT2D eigenvalue weighted by Crippen LogP contribution is 2.31. The molecule has 0 atom stereocenters. The zero-order valence-corrected chi connectivity index (χ0v) is 14.9. The van der Waals surface area contributed by atoms with E-state index in [9.17, 15) is 14.9 Å². The van der Waals surface area contributed by atoms with E-state index in [1.807, 2.05) is 13.0 Å². The lowest BCUT2D eigenvalue weighted by Gasteiger charge is -2.07. The van der Waals surface area contributed by atoms with Crippen molar-refractivity contribution < 1.29 is 14.5 Å². The molecule has 0 aliphatic heterocycles. The Kier molecular flexibility index (Phi) is 4.72. The maximum absolute atomic E-state index is 12.5. The number of ether oxygens (including phenoxy) is 1. The fraction of sp³-hybridized carbons (Fsp3) is 0.176. The van der Waals surface area contributed by atoms with E-state index in [0.717, 1.165) is 16.0 Å². The minimum absolute atomic E-state index is 0.0472. The molecule has 8 nitrogen and oxygen atoms in total. The van der Waals surface area contributed by atoms with Gasteiger partial charge in [0.1, 0.15) is 11.4 Å². The van der Waals surface area contributed by atoms with Crippen LogP contribution >= 0.6 is 11.3 Å². The molecular formula is C17H16N4O4S. The van der Waals surface area contributed by atoms with Crippen molar-refractivity contribution in [2.24, 2.45) is 0 Å². The number of hydrogen-bond donors (Lipinski definition) is 2. The number of hydrogen-bond acceptors (Lipinski definition) is 7. The lowest BCUT2D eigenvalue weighted by Crippen LogP contribution is -2.15. The van der Waals surface area contributed by atoms with Crippen LogP contribution in [0.4, 0.5) is 16.5 Å². The number of nitro groups is 1. The third-order valence-electron chi connectivity index (χ3n) is 3.64. The average molecular weight is 372 g/mol. The smallest absolute Gasteiger partial charge is 0.293 e. The molecule has 3 aromatic rings. The summed E-state index contributed by atoms with van der Waals surface area (Å²) in [6.45, 7) is 4.11. The van der Waals surface area contributed by atoms with Gasteiger partial charge < -0.3 is 10.5 Å². The molecule has 3 rings (SSSR count). The number of nitro benzene ring substituents is 1. The van der Waals surface area contributed by atoms with Crippen molar-refractivity contribution in [1.82, 2.24) is 4.98 Å². The standard InChI is InChI=1S/C17H16N4O4S/c1-3-25-10-4-5-12-14(8-10)26-17(19-12)20-16(22)11-6-9(2)7-13(15(11)18)21(23)24/h4-8H,3,18H2,1-2H3,(H,19,20,22). The van der Waals surface area contributed by atoms with Gasteiger partial charge in [-0.3, -0.25) is 20.2 Å². The van der Waals surface area contributed by atoms with Gasteiger partial charge in [-0.1, -0.05) is 11.3 Å². The number of carbonyl (C=O) groups is 1. The van der Waals surface area contributed by atoms with Gasteiger partial charge in [0, 0.05) is 6.07 Å². The Morgan fingerprint density at radius 2 is 2.15 bits per heavy atom. The Morgan fingerprint density at radius 3 is 2.85 bits per heavy atom. The first kappa shape index (κ1) is 17.6. The first-order valence-electron chi connectivity index (χ1n) is 7.78. The van der Waals surface area contributed by atoms with Crippen LogP contribution < -0.4 is 15.8 Å². The summed E-state index contributed by atoms with van der Waals surface area (Å²) in [5.74, 6) is 0.179. The van der Waals surface area contributed by atoms with Crippen LogP contribution in [0.3, 0.4) is 0 Å². The molecule has 26 heavy (non-hydrogen) atoms. The number of aryl methyl sites for hydroxylation is 1. The second-order valence-electron chi connectivity index (χ2n) is 5.54. The molecule has 0 aliphatic carbocycles. The number of nitrogens with one attached hydrogen (secondary N) is 1. The normalized spacial score (nSPS) is 10.7. The molecule has 0 unspecified atom stereocenters. The number of nitrogens with two attached hydrogens (primary N) is 1. The quantitative estimate of drug-likeness (QED) is 0.400. The fourth-order valence-corrected chi connectivity index (χ4v) is 3.39. The largest absolute Gasteiger partial charge is 0.494 e. The number of nitrogens with zero attached hydrogens (tertiary/aromatic N) is 2. The third-order valence-corrected chi connectivity index (χ3v) is 4.57. The zero-order chi connectivity index (χ0) is 18.8. The van der Waals surface area contributed by atoms with E-state index >= 15 is 0 Å². The highest BCUT2D eigenvalue weighted by Gasteiger charge is 2.21. The maximum Gasteiger partial charge on any atom is 0.293 e. The molecule has 0 radical (unpaired) electrons. The van der Waals surface area contributed by atoms with Crippen molar-refractivity contribution in [1.29, 1.82) is 0 Å². The van der Waals surface area contributed by atoms with Crippen LogP contribution in [0.1, 0.15) is 22.8 Å². The summed E-state index contributed by atoms with van der Waals surface area (Å²) in [4.78, 5) is 27.4. The summed E-state index contributed by atoms with van der Waals surface area (Å²) in [5.41, 5.74) is 6.68. The number of carbonyl (C=O) groups excluding carboxylic acids is 1. The number of benzene rings is 2. The Hall–Kier alpha value is -3.20. The van der Waals surface area contributed by atoms with Gasteiger partial charge in [-0.05, 0) is 43.7 Å². The van der Waals surface area contributed by atoms with Crippen molar-refractivity contribution in [3.63, 3.8) is 0 Å². The summed E-state index contributed by atoms with van der Waals surface area (Å²) in [7, 11) is 0. The Morgan fingerprint density at radius 1 is 1.38 bits per heavy atom. The van der Waals surface area contributed by atoms with Gasteiger partial charge in [0.05, 0.1) is 27.3 Å². The molecular weight excluding hydrogens is 356 g/mol. The van der Waals surface area contributed by atoms with E-state index in [0.29, 0.717) is 17.3 Å². The zero-order valence-electron chi connectivity index (χ0n) is 14.1. The molecule has 0 bridgehead atoms. The van der Waals surface area contributed by atoms with Crippen molar-refractivity contribution in [3.05, 3.63) is 51.6 Å². The van der Waals surface area contributed by atoms with Crippen LogP contribution in [0, 0.1) is 17.0 Å². The average Bonchev–Trinajstić information content (AvgIpc) is 2.98. The van der Waals surface area contributed by atoms with E-state index in [2.05, 4.69) is 10.3 Å². The van der Waals surface area contributed by atoms with E-state index in [1.165, 1.54) is 23.5 Å². The minimum Gasteiger partial charge on any atom is -0.494 e. The highest BCUT2D eigenvalue weighted by atomic mass is 32.1. The number of amides is 1. The van der Waals surface area contributed by atoms with Gasteiger partial charge >= 0.3 is 0 Å². The molecule has 0 saturated heterocycles. The van der Waals surface area contributed by atoms with Gasteiger partial charge in [0.2, 0.25) is 0 Å². The summed E-state index contributed by atoms with van der Waals surface area (Å²) in [5, 5.41) is 14.1. The van der Waals surface area contributed by atoms with Crippen LogP contribution in [0.5, 0.6) is 5.75 Å². The van der Waals surface area contributed by atoms with Crippen molar-refractivity contribution >= 4 is 44.0 Å². The predicted molar refractivity (Wildman–Crippen MR) is 101 cm³/mol. The van der Waals surface area contributed by atoms with Crippen LogP contribution in [0.2, 0.25) is 0 Å². The molecule has 9 heteroatoms. The van der Waals surface area contributed by atoms with Crippen molar-refractivity contribution in [2.45, 2.75) is 13.8 Å². The molecule has 1 aromatic heterocycles. The molecule has 0 saturated carbocycles. The van der Waals surface area contributed by atoms with Gasteiger partial charge in [-0.15, -0.1) is 0 Å². The first-order valence-corrected chi connectivity index (χ1v) is 8.60. The minimum atomic E-state index is -0.605. The summed E-state index contributed by atoms with van der Waals surface area (Å²) < 4.78 is 6.31. The van der Waals surface area contributed by atoms with Crippen molar-refractivity contribution in [3.8, 4) is 5.75 Å². The molecule has 3 N–H and O–H groups in total. The topological polar surface area (TPSA) is 120 Å². The van der Waals surface area contributed by atoms with Crippen LogP contribution in [-0.4, -0.2) is 22.4 Å². The molecule has 134 valence electrons. The molecule has 1 amide bonds. The van der Waals surface area contributed by atoms with Crippen LogP contribution in [-0.2, 0) is 0 Å². The molecule has 2 aromatic carbocycles. The lowest BCUT2D eigenvalue weighted by atomic mass is 10.1. The third kappa shape index (κ3) is 3.42.